The monoisotopic (exact) mass is 232 g/mol. The first-order chi connectivity index (χ1) is 7.21. The van der Waals surface area contributed by atoms with Gasteiger partial charge in [-0.25, -0.2) is 0 Å². The van der Waals surface area contributed by atoms with Crippen LogP contribution in [0.15, 0.2) is 18.2 Å². The van der Waals surface area contributed by atoms with Gasteiger partial charge in [0.05, 0.1) is 10.5 Å². The van der Waals surface area contributed by atoms with Gasteiger partial charge < -0.3 is 0 Å². The van der Waals surface area contributed by atoms with Crippen LogP contribution in [-0.4, -0.2) is 4.92 Å². The number of benzene rings is 1. The van der Waals surface area contributed by atoms with Gasteiger partial charge in [-0.3, -0.25) is 10.1 Å². The molecule has 1 unspecified atom stereocenters. The van der Waals surface area contributed by atoms with Gasteiger partial charge in [-0.1, -0.05) is 6.92 Å². The number of hydrogen-bond donors (Lipinski definition) is 0. The average molecular weight is 232 g/mol. The van der Waals surface area contributed by atoms with E-state index in [1.165, 1.54) is 0 Å². The second-order valence-corrected chi connectivity index (χ2v) is 3.47. The normalized spacial score (nSPS) is 11.9. The summed E-state index contributed by atoms with van der Waals surface area (Å²) in [5.74, 6) is -0.444. The highest BCUT2D eigenvalue weighted by Gasteiger charge is 2.32. The van der Waals surface area contributed by atoms with Crippen molar-refractivity contribution in [2.45, 2.75) is 19.0 Å². The Labute approximate surface area is 90.0 Å². The summed E-state index contributed by atoms with van der Waals surface area (Å²) < 4.78 is 37.3. The van der Waals surface area contributed by atoms with Gasteiger partial charge in [0.1, 0.15) is 0 Å². The molecule has 1 atom stereocenters. The SMILES string of the molecule is [CH2]C(C)c1cc([N+](=O)[O-])cc(C(F)(F)F)c1. The predicted molar refractivity (Wildman–Crippen MR) is 51.9 cm³/mol. The molecule has 0 saturated heterocycles. The highest BCUT2D eigenvalue weighted by molar-refractivity contribution is 5.42. The molecule has 6 heteroatoms. The first-order valence-corrected chi connectivity index (χ1v) is 4.41. The minimum atomic E-state index is -4.59. The maximum Gasteiger partial charge on any atom is 0.416 e. The molecule has 16 heavy (non-hydrogen) atoms. The Balaban J connectivity index is 3.36. The highest BCUT2D eigenvalue weighted by atomic mass is 19.4. The smallest absolute Gasteiger partial charge is 0.258 e. The summed E-state index contributed by atoms with van der Waals surface area (Å²) in [6, 6.07) is 2.50. The molecular formula is C10H9F3NO2. The van der Waals surface area contributed by atoms with Gasteiger partial charge in [-0.15, -0.1) is 0 Å². The number of rotatable bonds is 2. The summed E-state index contributed by atoms with van der Waals surface area (Å²) >= 11 is 0. The molecule has 0 saturated carbocycles. The molecule has 0 aliphatic rings. The van der Waals surface area contributed by atoms with Crippen molar-refractivity contribution in [3.05, 3.63) is 46.4 Å². The standard InChI is InChI=1S/C10H9F3NO2/c1-6(2)7-3-8(10(11,12)13)5-9(4-7)14(15)16/h3-6H,1H2,2H3. The van der Waals surface area contributed by atoms with Gasteiger partial charge in [0, 0.05) is 12.1 Å². The van der Waals surface area contributed by atoms with Crippen molar-refractivity contribution in [3.63, 3.8) is 0 Å². The quantitative estimate of drug-likeness (QED) is 0.578. The van der Waals surface area contributed by atoms with Crippen LogP contribution in [0.1, 0.15) is 24.0 Å². The lowest BCUT2D eigenvalue weighted by molar-refractivity contribution is -0.385. The first kappa shape index (κ1) is 12.5. The van der Waals surface area contributed by atoms with Gasteiger partial charge in [0.2, 0.25) is 0 Å². The molecule has 1 aromatic rings. The second kappa shape index (κ2) is 4.11. The Morgan fingerprint density at radius 3 is 2.31 bits per heavy atom. The topological polar surface area (TPSA) is 43.1 Å². The van der Waals surface area contributed by atoms with E-state index in [9.17, 15) is 23.3 Å². The van der Waals surface area contributed by atoms with Gasteiger partial charge in [-0.05, 0) is 24.5 Å². The minimum Gasteiger partial charge on any atom is -0.258 e. The van der Waals surface area contributed by atoms with Crippen LogP contribution in [0, 0.1) is 17.0 Å². The molecule has 0 fully saturated rings. The summed E-state index contributed by atoms with van der Waals surface area (Å²) in [6.45, 7) is 5.11. The van der Waals surface area contributed by atoms with Gasteiger partial charge >= 0.3 is 6.18 Å². The zero-order valence-corrected chi connectivity index (χ0v) is 8.41. The lowest BCUT2D eigenvalue weighted by atomic mass is 10.00. The summed E-state index contributed by atoms with van der Waals surface area (Å²) in [4.78, 5) is 9.63. The zero-order valence-electron chi connectivity index (χ0n) is 8.41. The van der Waals surface area contributed by atoms with Crippen LogP contribution in [0.4, 0.5) is 18.9 Å². The third-order valence-corrected chi connectivity index (χ3v) is 2.05. The Kier molecular flexibility index (Phi) is 3.21. The van der Waals surface area contributed by atoms with Crippen LogP contribution in [-0.2, 0) is 6.18 Å². The molecule has 1 rings (SSSR count). The van der Waals surface area contributed by atoms with Gasteiger partial charge in [0.25, 0.3) is 5.69 Å². The fourth-order valence-corrected chi connectivity index (χ4v) is 1.19. The largest absolute Gasteiger partial charge is 0.416 e. The third-order valence-electron chi connectivity index (χ3n) is 2.05. The summed E-state index contributed by atoms with van der Waals surface area (Å²) in [5, 5.41) is 10.5. The maximum absolute atomic E-state index is 12.4. The number of non-ortho nitro benzene ring substituents is 1. The molecule has 1 aromatic carbocycles. The van der Waals surface area contributed by atoms with Crippen molar-refractivity contribution in [2.24, 2.45) is 0 Å². The van der Waals surface area contributed by atoms with Crippen LogP contribution >= 0.6 is 0 Å². The van der Waals surface area contributed by atoms with Crippen LogP contribution in [0.5, 0.6) is 0 Å². The number of nitro benzene ring substituents is 1. The minimum absolute atomic E-state index is 0.196. The number of alkyl halides is 3. The predicted octanol–water partition coefficient (Wildman–Crippen LogP) is 3.55. The molecule has 0 aromatic heterocycles. The van der Waals surface area contributed by atoms with Crippen molar-refractivity contribution >= 4 is 5.69 Å². The fourth-order valence-electron chi connectivity index (χ4n) is 1.19. The van der Waals surface area contributed by atoms with E-state index in [0.29, 0.717) is 6.07 Å². The molecular weight excluding hydrogens is 223 g/mol. The molecule has 0 bridgehead atoms. The van der Waals surface area contributed by atoms with Crippen molar-refractivity contribution in [1.82, 2.24) is 0 Å². The van der Waals surface area contributed by atoms with Crippen LogP contribution < -0.4 is 0 Å². The number of hydrogen-bond acceptors (Lipinski definition) is 2. The average Bonchev–Trinajstić information content (AvgIpc) is 2.15. The summed E-state index contributed by atoms with van der Waals surface area (Å²) in [5.41, 5.74) is -1.39. The molecule has 0 heterocycles. The highest BCUT2D eigenvalue weighted by Crippen LogP contribution is 2.34. The van der Waals surface area contributed by atoms with E-state index in [-0.39, 0.29) is 5.56 Å². The molecule has 3 nitrogen and oxygen atoms in total. The van der Waals surface area contributed by atoms with E-state index < -0.39 is 28.3 Å². The zero-order chi connectivity index (χ0) is 12.5. The molecule has 0 aliphatic heterocycles. The molecule has 87 valence electrons. The first-order valence-electron chi connectivity index (χ1n) is 4.41. The number of nitro groups is 1. The molecule has 1 radical (unpaired) electrons. The second-order valence-electron chi connectivity index (χ2n) is 3.47. The molecule has 0 aliphatic carbocycles. The van der Waals surface area contributed by atoms with Crippen molar-refractivity contribution in [1.29, 1.82) is 0 Å². The van der Waals surface area contributed by atoms with Crippen LogP contribution in [0.25, 0.3) is 0 Å². The summed E-state index contributed by atoms with van der Waals surface area (Å²) in [7, 11) is 0. The fraction of sp³-hybridized carbons (Fsp3) is 0.300. The Morgan fingerprint density at radius 1 is 1.38 bits per heavy atom. The van der Waals surface area contributed by atoms with Crippen LogP contribution in [0.2, 0.25) is 0 Å². The van der Waals surface area contributed by atoms with Crippen molar-refractivity contribution < 1.29 is 18.1 Å². The Hall–Kier alpha value is -1.59. The van der Waals surface area contributed by atoms with E-state index in [2.05, 4.69) is 6.92 Å². The number of halogens is 3. The van der Waals surface area contributed by atoms with Crippen molar-refractivity contribution in [2.75, 3.05) is 0 Å². The van der Waals surface area contributed by atoms with E-state index in [4.69, 9.17) is 0 Å². The number of nitrogens with zero attached hydrogens (tertiary/aromatic N) is 1. The Bertz CT molecular complexity index is 413. The van der Waals surface area contributed by atoms with Crippen LogP contribution in [0.3, 0.4) is 0 Å². The third kappa shape index (κ3) is 2.71. The van der Waals surface area contributed by atoms with Crippen molar-refractivity contribution in [3.8, 4) is 0 Å². The van der Waals surface area contributed by atoms with E-state index in [0.717, 1.165) is 12.1 Å². The Morgan fingerprint density at radius 2 is 1.94 bits per heavy atom. The molecule has 0 N–H and O–H groups in total. The van der Waals surface area contributed by atoms with Gasteiger partial charge in [0.15, 0.2) is 0 Å². The van der Waals surface area contributed by atoms with Gasteiger partial charge in [-0.2, -0.15) is 13.2 Å². The van der Waals surface area contributed by atoms with E-state index >= 15 is 0 Å². The lowest BCUT2D eigenvalue weighted by Gasteiger charge is -2.10. The van der Waals surface area contributed by atoms with E-state index in [1.807, 2.05) is 0 Å². The lowest BCUT2D eigenvalue weighted by Crippen LogP contribution is -2.07. The molecule has 0 amide bonds. The molecule has 0 spiro atoms. The maximum atomic E-state index is 12.4. The summed E-state index contributed by atoms with van der Waals surface area (Å²) in [6.07, 6.45) is -4.59. The van der Waals surface area contributed by atoms with E-state index in [1.54, 1.807) is 6.92 Å².